The van der Waals surface area contributed by atoms with E-state index < -0.39 is 0 Å². The standard InChI is InChI=1S/C30H33FN6S/c1-2-30(22-35-16-3-4-17-35)13-19-36(20-14-30)38-26-8-6-25(7-9-26)33-29-32-15-11-28(34-29)37-18-12-23-21-24(31)5-10-27(23)37/h2,5-12,15,18,21H,1,3-4,13-14,16-17,19-20,22H2,(H,32,33,34). The maximum absolute atomic E-state index is 13.6. The van der Waals surface area contributed by atoms with E-state index in [4.69, 9.17) is 0 Å². The molecule has 2 fully saturated rings. The first-order chi connectivity index (χ1) is 18.6. The van der Waals surface area contributed by atoms with Gasteiger partial charge in [-0.15, -0.1) is 6.58 Å². The van der Waals surface area contributed by atoms with Crippen molar-refractivity contribution in [1.29, 1.82) is 0 Å². The van der Waals surface area contributed by atoms with Crippen LogP contribution in [-0.2, 0) is 0 Å². The molecule has 2 aromatic carbocycles. The van der Waals surface area contributed by atoms with Gasteiger partial charge in [-0.05, 0) is 105 Å². The number of fused-ring (bicyclic) bond motifs is 1. The zero-order valence-electron chi connectivity index (χ0n) is 21.5. The van der Waals surface area contributed by atoms with E-state index in [0.29, 0.717) is 5.95 Å². The van der Waals surface area contributed by atoms with Gasteiger partial charge in [-0.1, -0.05) is 6.08 Å². The summed E-state index contributed by atoms with van der Waals surface area (Å²) in [6, 6.07) is 16.9. The van der Waals surface area contributed by atoms with Gasteiger partial charge in [-0.25, -0.2) is 13.7 Å². The average Bonchev–Trinajstić information content (AvgIpc) is 3.61. The number of halogens is 1. The molecule has 0 unspecified atom stereocenters. The van der Waals surface area contributed by atoms with Crippen molar-refractivity contribution < 1.29 is 4.39 Å². The topological polar surface area (TPSA) is 49.2 Å². The molecule has 0 amide bonds. The summed E-state index contributed by atoms with van der Waals surface area (Å²) in [4.78, 5) is 12.9. The molecule has 2 saturated heterocycles. The first-order valence-corrected chi connectivity index (χ1v) is 14.1. The Morgan fingerprint density at radius 2 is 1.79 bits per heavy atom. The number of nitrogens with one attached hydrogen (secondary N) is 1. The van der Waals surface area contributed by atoms with Crippen LogP contribution in [0.1, 0.15) is 25.7 Å². The number of benzene rings is 2. The lowest BCUT2D eigenvalue weighted by atomic mass is 9.78. The van der Waals surface area contributed by atoms with Gasteiger partial charge in [0.1, 0.15) is 11.6 Å². The molecule has 0 atom stereocenters. The van der Waals surface area contributed by atoms with Gasteiger partial charge in [0.05, 0.1) is 5.52 Å². The Labute approximate surface area is 227 Å². The van der Waals surface area contributed by atoms with E-state index in [-0.39, 0.29) is 11.2 Å². The number of anilines is 2. The molecule has 2 aliphatic rings. The van der Waals surface area contributed by atoms with Crippen LogP contribution in [0.15, 0.2) is 84.5 Å². The first-order valence-electron chi connectivity index (χ1n) is 13.4. The van der Waals surface area contributed by atoms with Crippen molar-refractivity contribution in [3.05, 3.63) is 85.5 Å². The SMILES string of the molecule is C=CC1(CN2CCCC2)CCN(Sc2ccc(Nc3nccc(-n4ccc5cc(F)ccc54)n3)cc2)CC1. The molecule has 38 heavy (non-hydrogen) atoms. The lowest BCUT2D eigenvalue weighted by Crippen LogP contribution is -2.42. The Balaban J connectivity index is 1.07. The molecule has 0 radical (unpaired) electrons. The van der Waals surface area contributed by atoms with Crippen molar-refractivity contribution in [3.63, 3.8) is 0 Å². The van der Waals surface area contributed by atoms with Gasteiger partial charge in [0.25, 0.3) is 0 Å². The highest BCUT2D eigenvalue weighted by atomic mass is 32.2. The molecular formula is C30H33FN6S. The van der Waals surface area contributed by atoms with Gasteiger partial charge in [0.2, 0.25) is 5.95 Å². The first kappa shape index (κ1) is 25.1. The molecule has 1 N–H and O–H groups in total. The third-order valence-electron chi connectivity index (χ3n) is 7.77. The van der Waals surface area contributed by atoms with E-state index in [1.165, 1.54) is 55.8 Å². The summed E-state index contributed by atoms with van der Waals surface area (Å²) in [5.41, 5.74) is 2.09. The quantitative estimate of drug-likeness (QED) is 0.204. The second kappa shape index (κ2) is 10.9. The molecule has 0 spiro atoms. The Morgan fingerprint density at radius 1 is 1.00 bits per heavy atom. The predicted octanol–water partition coefficient (Wildman–Crippen LogP) is 6.67. The maximum Gasteiger partial charge on any atom is 0.229 e. The monoisotopic (exact) mass is 528 g/mol. The van der Waals surface area contributed by atoms with Crippen molar-refractivity contribution in [2.45, 2.75) is 30.6 Å². The van der Waals surface area contributed by atoms with E-state index in [0.717, 1.165) is 42.0 Å². The second-order valence-corrected chi connectivity index (χ2v) is 11.5. The molecule has 0 saturated carbocycles. The van der Waals surface area contributed by atoms with Gasteiger partial charge in [0, 0.05) is 53.4 Å². The van der Waals surface area contributed by atoms with E-state index in [1.807, 2.05) is 34.8 Å². The Kier molecular flexibility index (Phi) is 7.19. The van der Waals surface area contributed by atoms with Crippen molar-refractivity contribution in [2.75, 3.05) is 38.0 Å². The van der Waals surface area contributed by atoms with E-state index in [2.05, 4.69) is 61.4 Å². The van der Waals surface area contributed by atoms with Gasteiger partial charge < -0.3 is 14.8 Å². The zero-order valence-corrected chi connectivity index (χ0v) is 22.3. The Morgan fingerprint density at radius 3 is 2.55 bits per heavy atom. The molecule has 196 valence electrons. The highest BCUT2D eigenvalue weighted by Crippen LogP contribution is 2.38. The van der Waals surface area contributed by atoms with Crippen LogP contribution < -0.4 is 5.32 Å². The van der Waals surface area contributed by atoms with Crippen LogP contribution in [-0.4, -0.2) is 56.5 Å². The number of piperidine rings is 1. The summed E-state index contributed by atoms with van der Waals surface area (Å²) in [6.45, 7) is 10.0. The number of rotatable bonds is 8. The van der Waals surface area contributed by atoms with Crippen molar-refractivity contribution in [3.8, 4) is 5.82 Å². The molecule has 0 bridgehead atoms. The lowest BCUT2D eigenvalue weighted by molar-refractivity contribution is 0.149. The molecule has 4 heterocycles. The summed E-state index contributed by atoms with van der Waals surface area (Å²) in [6.07, 6.45) is 10.9. The highest BCUT2D eigenvalue weighted by Gasteiger charge is 2.34. The minimum Gasteiger partial charge on any atom is -0.324 e. The minimum absolute atomic E-state index is 0.246. The van der Waals surface area contributed by atoms with Gasteiger partial charge in [-0.3, -0.25) is 0 Å². The summed E-state index contributed by atoms with van der Waals surface area (Å²) < 4.78 is 18.0. The summed E-state index contributed by atoms with van der Waals surface area (Å²) >= 11 is 1.83. The molecule has 2 aliphatic heterocycles. The number of hydrogen-bond acceptors (Lipinski definition) is 6. The Bertz CT molecular complexity index is 1400. The fourth-order valence-corrected chi connectivity index (χ4v) is 6.49. The van der Waals surface area contributed by atoms with Crippen molar-refractivity contribution in [2.24, 2.45) is 5.41 Å². The average molecular weight is 529 g/mol. The molecule has 2 aromatic heterocycles. The third kappa shape index (κ3) is 5.48. The number of aromatic nitrogens is 3. The molecule has 8 heteroatoms. The van der Waals surface area contributed by atoms with Crippen LogP contribution in [0.3, 0.4) is 0 Å². The fourth-order valence-electron chi connectivity index (χ4n) is 5.57. The summed E-state index contributed by atoms with van der Waals surface area (Å²) in [5, 5.41) is 4.15. The predicted molar refractivity (Wildman–Crippen MR) is 154 cm³/mol. The third-order valence-corrected chi connectivity index (χ3v) is 8.88. The molecule has 4 aromatic rings. The second-order valence-electron chi connectivity index (χ2n) is 10.3. The van der Waals surface area contributed by atoms with Crippen LogP contribution in [0.25, 0.3) is 16.7 Å². The van der Waals surface area contributed by atoms with E-state index in [9.17, 15) is 4.39 Å². The maximum atomic E-state index is 13.6. The Hall–Kier alpha value is -3.20. The van der Waals surface area contributed by atoms with Crippen LogP contribution in [0.2, 0.25) is 0 Å². The number of nitrogens with zero attached hydrogens (tertiary/aromatic N) is 5. The van der Waals surface area contributed by atoms with Crippen LogP contribution in [0.5, 0.6) is 0 Å². The minimum atomic E-state index is -0.246. The molecular weight excluding hydrogens is 495 g/mol. The summed E-state index contributed by atoms with van der Waals surface area (Å²) in [7, 11) is 0. The van der Waals surface area contributed by atoms with Gasteiger partial charge in [0.15, 0.2) is 0 Å². The molecule has 6 nitrogen and oxygen atoms in total. The number of hydrogen-bond donors (Lipinski definition) is 1. The van der Waals surface area contributed by atoms with Gasteiger partial charge >= 0.3 is 0 Å². The van der Waals surface area contributed by atoms with E-state index in [1.54, 1.807) is 12.3 Å². The lowest BCUT2D eigenvalue weighted by Gasteiger charge is -2.41. The van der Waals surface area contributed by atoms with Gasteiger partial charge in [-0.2, -0.15) is 4.98 Å². The van der Waals surface area contributed by atoms with Crippen molar-refractivity contribution >= 4 is 34.5 Å². The smallest absolute Gasteiger partial charge is 0.229 e. The van der Waals surface area contributed by atoms with Crippen LogP contribution >= 0.6 is 11.9 Å². The normalized spacial score (nSPS) is 18.1. The molecule has 6 rings (SSSR count). The van der Waals surface area contributed by atoms with Crippen molar-refractivity contribution in [1.82, 2.24) is 23.7 Å². The molecule has 0 aliphatic carbocycles. The fraction of sp³-hybridized carbons (Fsp3) is 0.333. The van der Waals surface area contributed by atoms with Crippen LogP contribution in [0, 0.1) is 11.2 Å². The number of likely N-dealkylation sites (tertiary alicyclic amines) is 1. The zero-order chi connectivity index (χ0) is 26.0. The summed E-state index contributed by atoms with van der Waals surface area (Å²) in [5.74, 6) is 0.993. The van der Waals surface area contributed by atoms with E-state index >= 15 is 0 Å². The largest absolute Gasteiger partial charge is 0.324 e. The highest BCUT2D eigenvalue weighted by molar-refractivity contribution is 7.97. The van der Waals surface area contributed by atoms with Crippen LogP contribution in [0.4, 0.5) is 16.0 Å².